The van der Waals surface area contributed by atoms with Gasteiger partial charge < -0.3 is 94.2 Å². The van der Waals surface area contributed by atoms with Crippen LogP contribution in [0.4, 0.5) is 0 Å². The van der Waals surface area contributed by atoms with E-state index in [1.54, 1.807) is 27.7 Å². The minimum atomic E-state index is -1.81. The summed E-state index contributed by atoms with van der Waals surface area (Å²) in [5.41, 5.74) is 11.9. The molecule has 0 bridgehead atoms. The van der Waals surface area contributed by atoms with E-state index in [1.807, 2.05) is 27.7 Å². The fourth-order valence-electron chi connectivity index (χ4n) is 12.8. The molecule has 562 valence electrons. The van der Waals surface area contributed by atoms with Gasteiger partial charge in [0.15, 0.2) is 0 Å². The second-order valence-corrected chi connectivity index (χ2v) is 28.2. The zero-order valence-corrected chi connectivity index (χ0v) is 59.4. The van der Waals surface area contributed by atoms with E-state index in [1.165, 1.54) is 33.4 Å². The third-order valence-electron chi connectivity index (χ3n) is 18.1. The number of hydrogen-bond donors (Lipinski definition) is 14. The fourth-order valence-corrected chi connectivity index (χ4v) is 12.8. The average molecular weight is 1420 g/mol. The number of carbonyl (C=O) groups excluding carboxylic acids is 13. The normalized spacial score (nSPS) is 20.2. The summed E-state index contributed by atoms with van der Waals surface area (Å²) in [7, 11) is 0. The molecule has 0 saturated carbocycles. The van der Waals surface area contributed by atoms with E-state index >= 15 is 0 Å². The largest absolute Gasteiger partial charge is 0.481 e. The molecule has 4 rings (SSSR count). The molecule has 0 unspecified atom stereocenters. The number of carboxylic acid groups (broad SMARTS) is 3. The second-order valence-electron chi connectivity index (χ2n) is 28.2. The van der Waals surface area contributed by atoms with Gasteiger partial charge in [0.25, 0.3) is 0 Å². The number of carboxylic acids is 3. The molecule has 4 heterocycles. The Morgan fingerprint density at radius 2 is 0.850 bits per heavy atom. The molecule has 34 nitrogen and oxygen atoms in total. The lowest BCUT2D eigenvalue weighted by molar-refractivity contribution is -0.151. The molecule has 0 aromatic heterocycles. The second kappa shape index (κ2) is 40.0. The highest BCUT2D eigenvalue weighted by atomic mass is 16.4. The first kappa shape index (κ1) is 83.9. The van der Waals surface area contributed by atoms with Gasteiger partial charge in [0.05, 0.1) is 19.0 Å². The van der Waals surface area contributed by atoms with Crippen molar-refractivity contribution in [2.24, 2.45) is 35.1 Å². The first-order valence-electron chi connectivity index (χ1n) is 35.0. The van der Waals surface area contributed by atoms with E-state index < -0.39 is 199 Å². The van der Waals surface area contributed by atoms with Crippen molar-refractivity contribution in [2.45, 2.75) is 257 Å². The Morgan fingerprint density at radius 3 is 1.35 bits per heavy atom. The van der Waals surface area contributed by atoms with Gasteiger partial charge in [0, 0.05) is 32.6 Å². The summed E-state index contributed by atoms with van der Waals surface area (Å²) in [6, 6.07) is -16.1. The lowest BCUT2D eigenvalue weighted by atomic mass is 10.0. The van der Waals surface area contributed by atoms with Crippen LogP contribution >= 0.6 is 0 Å². The number of nitrogens with zero attached hydrogens (tertiary/aromatic N) is 4. The van der Waals surface area contributed by atoms with Crippen LogP contribution in [0.1, 0.15) is 178 Å². The van der Waals surface area contributed by atoms with Crippen molar-refractivity contribution in [1.29, 1.82) is 0 Å². The molecule has 4 saturated heterocycles. The summed E-state index contributed by atoms with van der Waals surface area (Å²) < 4.78 is 0. The van der Waals surface area contributed by atoms with Gasteiger partial charge in [-0.25, -0.2) is 4.79 Å². The van der Waals surface area contributed by atoms with Crippen molar-refractivity contribution < 1.29 is 92.0 Å². The molecule has 100 heavy (non-hydrogen) atoms. The topological polar surface area (TPSA) is 507 Å². The number of hydrogen-bond acceptors (Lipinski definition) is 18. The Kier molecular flexibility index (Phi) is 33.6. The monoisotopic (exact) mass is 1420 g/mol. The van der Waals surface area contributed by atoms with Crippen LogP contribution in [-0.4, -0.2) is 247 Å². The van der Waals surface area contributed by atoms with Gasteiger partial charge in [-0.05, 0) is 140 Å². The SMILES string of the molecule is CC(C)C[C@H](NC(=O)[C@H](C)NC(=O)[C@H](CC(=O)O)NC(=O)[C@H](C)NC(=O)[C@@H]1CCCN1C(=O)[C@H](CCCCN)NC(=O)[C@H](CC(C)C)NC(=O)[C@@H]1CCCN1C(=O)[C@@H]1CCCN1C(=O)[C@@H]1CCCN1C(=O)[C@H](CCC(=O)O)NC(=O)[C@@H](N)CC(C)C)C(=O)NCC(=O)N[C@H](C(=O)O)C(C)C. The van der Waals surface area contributed by atoms with Crippen LogP contribution in [0.3, 0.4) is 0 Å². The van der Waals surface area contributed by atoms with Crippen LogP contribution in [0.15, 0.2) is 0 Å². The lowest BCUT2D eigenvalue weighted by Crippen LogP contribution is -2.60. The third kappa shape index (κ3) is 25.3. The van der Waals surface area contributed by atoms with Gasteiger partial charge in [0.2, 0.25) is 76.8 Å². The Morgan fingerprint density at radius 1 is 0.430 bits per heavy atom. The number of nitrogens with one attached hydrogen (secondary N) is 9. The highest BCUT2D eigenvalue weighted by Crippen LogP contribution is 2.30. The number of nitrogens with two attached hydrogens (primary N) is 2. The molecule has 4 aliphatic heterocycles. The lowest BCUT2D eigenvalue weighted by Gasteiger charge is -2.35. The quantitative estimate of drug-likeness (QED) is 0.0287. The zero-order chi connectivity index (χ0) is 75.0. The van der Waals surface area contributed by atoms with E-state index in [9.17, 15) is 92.0 Å². The van der Waals surface area contributed by atoms with E-state index in [-0.39, 0.29) is 102 Å². The first-order chi connectivity index (χ1) is 47.0. The van der Waals surface area contributed by atoms with E-state index in [0.717, 1.165) is 0 Å². The minimum Gasteiger partial charge on any atom is -0.481 e. The molecule has 4 aliphatic rings. The van der Waals surface area contributed by atoms with Gasteiger partial charge in [-0.15, -0.1) is 0 Å². The number of carbonyl (C=O) groups is 16. The third-order valence-corrected chi connectivity index (χ3v) is 18.1. The van der Waals surface area contributed by atoms with E-state index in [4.69, 9.17) is 11.5 Å². The Balaban J connectivity index is 1.42. The van der Waals surface area contributed by atoms with Gasteiger partial charge in [-0.1, -0.05) is 55.4 Å². The highest BCUT2D eigenvalue weighted by Gasteiger charge is 2.48. The fraction of sp³-hybridized carbons (Fsp3) is 0.758. The molecule has 0 aromatic carbocycles. The molecule has 4 fully saturated rings. The molecule has 13 atom stereocenters. The summed E-state index contributed by atoms with van der Waals surface area (Å²) in [6.45, 7) is 16.7. The molecule has 16 N–H and O–H groups in total. The summed E-state index contributed by atoms with van der Waals surface area (Å²) in [5, 5.41) is 51.2. The van der Waals surface area contributed by atoms with Crippen molar-refractivity contribution in [3.05, 3.63) is 0 Å². The smallest absolute Gasteiger partial charge is 0.326 e. The van der Waals surface area contributed by atoms with Crippen molar-refractivity contribution in [2.75, 3.05) is 39.3 Å². The predicted octanol–water partition coefficient (Wildman–Crippen LogP) is -2.34. The van der Waals surface area contributed by atoms with Gasteiger partial charge in [-0.3, -0.25) is 71.9 Å². The number of amides is 13. The summed E-state index contributed by atoms with van der Waals surface area (Å²) in [6.07, 6.45) is 2.10. The maximum atomic E-state index is 14.7. The first-order valence-corrected chi connectivity index (χ1v) is 35.0. The average Bonchev–Trinajstić information content (AvgIpc) is 1.64. The molecule has 0 aliphatic carbocycles. The van der Waals surface area contributed by atoms with Crippen molar-refractivity contribution in [1.82, 2.24) is 67.5 Å². The standard InChI is InChI=1S/C66H109N15O19/c1-34(2)29-40(68)56(89)72-42(22-23-51(83)84)63(96)80-27-15-20-48(80)65(98)81-28-16-21-49(81)64(97)79-26-14-19-47(79)61(94)76-44(31-36(5)6)59(92)73-41(17-11-12-24-67)62(95)78-25-13-18-46(78)60(93)71-39(10)55(88)75-45(32-52(85)86)58(91)70-38(9)54(87)74-43(30-35(3)4)57(90)69-33-50(82)77-53(37(7)8)66(99)100/h34-49,53H,11-33,67-68H2,1-10H3,(H,69,90)(H,70,91)(H,71,93)(H,72,89)(H,73,92)(H,74,87)(H,75,88)(H,76,94)(H,77,82)(H,83,84)(H,85,86)(H,99,100)/t38-,39-,40-,41-,42-,43-,44-,45-,46-,47-,48-,49-,53-/m0/s1. The van der Waals surface area contributed by atoms with Gasteiger partial charge >= 0.3 is 17.9 Å². The van der Waals surface area contributed by atoms with Crippen LogP contribution in [0.5, 0.6) is 0 Å². The van der Waals surface area contributed by atoms with Crippen molar-refractivity contribution >= 4 is 94.7 Å². The molecular formula is C66H109N15O19. The molecule has 34 heteroatoms. The summed E-state index contributed by atoms with van der Waals surface area (Å²) in [4.78, 5) is 221. The Hall–Kier alpha value is -8.56. The minimum absolute atomic E-state index is 0.0526. The van der Waals surface area contributed by atoms with Crippen LogP contribution in [-0.2, 0) is 76.7 Å². The molecular weight excluding hydrogens is 1310 g/mol. The maximum absolute atomic E-state index is 14.7. The van der Waals surface area contributed by atoms with Crippen LogP contribution in [0.25, 0.3) is 0 Å². The van der Waals surface area contributed by atoms with Crippen LogP contribution in [0.2, 0.25) is 0 Å². The van der Waals surface area contributed by atoms with E-state index in [0.29, 0.717) is 44.9 Å². The summed E-state index contributed by atoms with van der Waals surface area (Å²) >= 11 is 0. The number of unbranched alkanes of at least 4 members (excludes halogenated alkanes) is 1. The zero-order valence-electron chi connectivity index (χ0n) is 59.4. The van der Waals surface area contributed by atoms with E-state index in [2.05, 4.69) is 47.9 Å². The number of likely N-dealkylation sites (tertiary alicyclic amines) is 4. The van der Waals surface area contributed by atoms with Gasteiger partial charge in [-0.2, -0.15) is 0 Å². The van der Waals surface area contributed by atoms with Crippen LogP contribution < -0.4 is 59.3 Å². The predicted molar refractivity (Wildman–Crippen MR) is 360 cm³/mol. The number of aliphatic carboxylic acids is 3. The Bertz CT molecular complexity index is 2950. The Labute approximate surface area is 583 Å². The maximum Gasteiger partial charge on any atom is 0.326 e. The molecule has 13 amide bonds. The molecule has 0 radical (unpaired) electrons. The molecule has 0 spiro atoms. The number of rotatable bonds is 39. The van der Waals surface area contributed by atoms with Crippen molar-refractivity contribution in [3.8, 4) is 0 Å². The van der Waals surface area contributed by atoms with Gasteiger partial charge in [0.1, 0.15) is 72.5 Å². The summed E-state index contributed by atoms with van der Waals surface area (Å²) in [5.74, 6) is -14.5. The highest BCUT2D eigenvalue weighted by molar-refractivity contribution is 6.01. The molecule has 0 aromatic rings. The van der Waals surface area contributed by atoms with Crippen molar-refractivity contribution in [3.63, 3.8) is 0 Å². The van der Waals surface area contributed by atoms with Crippen LogP contribution in [0, 0.1) is 23.7 Å².